The first-order valence-corrected chi connectivity index (χ1v) is 12.7. The Morgan fingerprint density at radius 3 is 1.19 bits per heavy atom. The largest absolute Gasteiger partial charge is 0.123 e. The van der Waals surface area contributed by atoms with Gasteiger partial charge in [-0.15, -0.1) is 81.2 Å². The van der Waals surface area contributed by atoms with E-state index in [4.69, 9.17) is 81.2 Å². The van der Waals surface area contributed by atoms with Crippen LogP contribution >= 0.6 is 81.2 Å². The molecule has 0 rings (SSSR count). The van der Waals surface area contributed by atoms with E-state index in [2.05, 4.69) is 13.8 Å². The SMILES string of the molecule is CCC(Cl)CCC(Cl)CC(Cl)CCC(Cl)CC(Cl)C(Cl)CCC(Cl)CC. The van der Waals surface area contributed by atoms with Gasteiger partial charge in [0.05, 0.1) is 10.8 Å². The van der Waals surface area contributed by atoms with Gasteiger partial charge in [-0.2, -0.15) is 0 Å². The predicted octanol–water partition coefficient (Wildman–Crippen LogP) is 9.18. The lowest BCUT2D eigenvalue weighted by molar-refractivity contribution is 0.546. The monoisotopic (exact) mass is 506 g/mol. The fourth-order valence-electron chi connectivity index (χ4n) is 2.68. The van der Waals surface area contributed by atoms with Crippen LogP contribution in [0.25, 0.3) is 0 Å². The van der Waals surface area contributed by atoms with E-state index in [9.17, 15) is 0 Å². The Hall–Kier alpha value is 2.03. The van der Waals surface area contributed by atoms with Gasteiger partial charge < -0.3 is 0 Å². The van der Waals surface area contributed by atoms with Gasteiger partial charge >= 0.3 is 0 Å². The molecule has 0 aromatic carbocycles. The topological polar surface area (TPSA) is 0 Å². The van der Waals surface area contributed by atoms with Crippen LogP contribution in [0.4, 0.5) is 0 Å². The van der Waals surface area contributed by atoms with Crippen molar-refractivity contribution in [2.45, 2.75) is 116 Å². The summed E-state index contributed by atoms with van der Waals surface area (Å²) in [5.41, 5.74) is 0. The Labute approximate surface area is 195 Å². The normalized spacial score (nSPS) is 20.2. The van der Waals surface area contributed by atoms with E-state index in [1.165, 1.54) is 0 Å². The third kappa shape index (κ3) is 14.9. The molecule has 7 heteroatoms. The Bertz CT molecular complexity index is 329. The van der Waals surface area contributed by atoms with Crippen LogP contribution in [-0.4, -0.2) is 37.6 Å². The van der Waals surface area contributed by atoms with Gasteiger partial charge in [0.1, 0.15) is 0 Å². The summed E-state index contributed by atoms with van der Waals surface area (Å²) in [5.74, 6) is 0. The van der Waals surface area contributed by atoms with Gasteiger partial charge in [-0.25, -0.2) is 0 Å². The van der Waals surface area contributed by atoms with Gasteiger partial charge in [0.25, 0.3) is 0 Å². The number of alkyl halides is 7. The van der Waals surface area contributed by atoms with Gasteiger partial charge in [-0.05, 0) is 64.2 Å². The van der Waals surface area contributed by atoms with E-state index in [-0.39, 0.29) is 37.6 Å². The van der Waals surface area contributed by atoms with E-state index >= 15 is 0 Å². The average Bonchev–Trinajstić information content (AvgIpc) is 2.61. The fourth-order valence-corrected chi connectivity index (χ4v) is 4.68. The van der Waals surface area contributed by atoms with E-state index < -0.39 is 0 Å². The minimum absolute atomic E-state index is 0.0243. The molecule has 0 radical (unpaired) electrons. The van der Waals surface area contributed by atoms with Crippen molar-refractivity contribution < 1.29 is 0 Å². The van der Waals surface area contributed by atoms with Crippen LogP contribution in [0.3, 0.4) is 0 Å². The number of hydrogen-bond acceptors (Lipinski definition) is 0. The lowest BCUT2D eigenvalue weighted by Crippen LogP contribution is -2.21. The van der Waals surface area contributed by atoms with Crippen molar-refractivity contribution >= 4 is 81.2 Å². The minimum Gasteiger partial charge on any atom is -0.123 e. The maximum atomic E-state index is 6.43. The molecule has 0 amide bonds. The number of rotatable bonds is 16. The van der Waals surface area contributed by atoms with Crippen LogP contribution in [0.2, 0.25) is 0 Å². The fraction of sp³-hybridized carbons (Fsp3) is 1.00. The van der Waals surface area contributed by atoms with Crippen LogP contribution in [-0.2, 0) is 0 Å². The molecule has 0 saturated carbocycles. The molecule has 158 valence electrons. The second-order valence-corrected chi connectivity index (χ2v) is 11.2. The third-order valence-corrected chi connectivity index (χ3v) is 7.99. The molecular formula is C19H33Cl7. The molecule has 26 heavy (non-hydrogen) atoms. The first kappa shape index (κ1) is 28.0. The average molecular weight is 510 g/mol. The molecule has 0 nitrogen and oxygen atoms in total. The smallest absolute Gasteiger partial charge is 0.0513 e. The zero-order valence-corrected chi connectivity index (χ0v) is 21.0. The molecule has 0 fully saturated rings. The summed E-state index contributed by atoms with van der Waals surface area (Å²) in [6.07, 6.45) is 8.52. The molecule has 0 heterocycles. The number of hydrogen-bond donors (Lipinski definition) is 0. The second kappa shape index (κ2) is 16.8. The van der Waals surface area contributed by atoms with Crippen molar-refractivity contribution in [1.82, 2.24) is 0 Å². The Morgan fingerprint density at radius 2 is 0.769 bits per heavy atom. The van der Waals surface area contributed by atoms with Gasteiger partial charge in [0, 0.05) is 26.9 Å². The van der Waals surface area contributed by atoms with E-state index in [1.807, 2.05) is 0 Å². The molecule has 0 spiro atoms. The van der Waals surface area contributed by atoms with Crippen LogP contribution in [0, 0.1) is 0 Å². The molecule has 7 unspecified atom stereocenters. The maximum absolute atomic E-state index is 6.43. The lowest BCUT2D eigenvalue weighted by atomic mass is 10.0. The Balaban J connectivity index is 3.96. The number of halogens is 7. The summed E-state index contributed by atoms with van der Waals surface area (Å²) >= 11 is 44.3. The molecule has 0 aromatic rings. The maximum Gasteiger partial charge on any atom is 0.0513 e. The molecule has 0 bridgehead atoms. The van der Waals surface area contributed by atoms with Crippen molar-refractivity contribution in [1.29, 1.82) is 0 Å². The molecule has 0 aliphatic rings. The van der Waals surface area contributed by atoms with Crippen molar-refractivity contribution in [2.24, 2.45) is 0 Å². The van der Waals surface area contributed by atoms with Crippen molar-refractivity contribution in [3.63, 3.8) is 0 Å². The van der Waals surface area contributed by atoms with Crippen LogP contribution in [0.15, 0.2) is 0 Å². The highest BCUT2D eigenvalue weighted by Crippen LogP contribution is 2.28. The molecule has 0 N–H and O–H groups in total. The quantitative estimate of drug-likeness (QED) is 0.182. The van der Waals surface area contributed by atoms with Gasteiger partial charge in [0.2, 0.25) is 0 Å². The highest BCUT2D eigenvalue weighted by molar-refractivity contribution is 6.30. The molecule has 0 saturated heterocycles. The first-order chi connectivity index (χ1) is 12.2. The lowest BCUT2D eigenvalue weighted by Gasteiger charge is -2.21. The zero-order chi connectivity index (χ0) is 20.1. The highest BCUT2D eigenvalue weighted by atomic mass is 35.5. The summed E-state index contributed by atoms with van der Waals surface area (Å²) in [6.45, 7) is 4.15. The molecular weight excluding hydrogens is 476 g/mol. The van der Waals surface area contributed by atoms with Crippen molar-refractivity contribution in [3.8, 4) is 0 Å². The van der Waals surface area contributed by atoms with Crippen LogP contribution in [0.1, 0.15) is 78.1 Å². The summed E-state index contributed by atoms with van der Waals surface area (Å²) in [5, 5.41) is 0.173. The van der Waals surface area contributed by atoms with Crippen LogP contribution in [0.5, 0.6) is 0 Å². The molecule has 7 atom stereocenters. The summed E-state index contributed by atoms with van der Waals surface area (Å²) < 4.78 is 0. The Kier molecular flexibility index (Phi) is 18.1. The molecule has 0 aliphatic heterocycles. The van der Waals surface area contributed by atoms with Crippen molar-refractivity contribution in [2.75, 3.05) is 0 Å². The standard InChI is InChI=1S/C19H33Cl7/c1-3-13(20)5-6-15(22)11-16(23)7-8-17(24)12-19(26)18(25)10-9-14(21)4-2/h13-19H,3-12H2,1-2H3. The van der Waals surface area contributed by atoms with Gasteiger partial charge in [0.15, 0.2) is 0 Å². The third-order valence-electron chi connectivity index (χ3n) is 4.61. The first-order valence-electron chi connectivity index (χ1n) is 9.67. The zero-order valence-electron chi connectivity index (χ0n) is 15.8. The summed E-state index contributed by atoms with van der Waals surface area (Å²) in [4.78, 5) is 0. The van der Waals surface area contributed by atoms with Crippen molar-refractivity contribution in [3.05, 3.63) is 0 Å². The predicted molar refractivity (Wildman–Crippen MR) is 125 cm³/mol. The van der Waals surface area contributed by atoms with Gasteiger partial charge in [-0.1, -0.05) is 13.8 Å². The van der Waals surface area contributed by atoms with Crippen LogP contribution < -0.4 is 0 Å². The summed E-state index contributed by atoms with van der Waals surface area (Å²) in [6, 6.07) is 0. The molecule has 0 aromatic heterocycles. The second-order valence-electron chi connectivity index (χ2n) is 7.04. The highest BCUT2D eigenvalue weighted by Gasteiger charge is 2.22. The molecule has 0 aliphatic carbocycles. The van der Waals surface area contributed by atoms with E-state index in [0.717, 1.165) is 57.8 Å². The minimum atomic E-state index is -0.149. The Morgan fingerprint density at radius 1 is 0.423 bits per heavy atom. The van der Waals surface area contributed by atoms with E-state index in [1.54, 1.807) is 0 Å². The summed E-state index contributed by atoms with van der Waals surface area (Å²) in [7, 11) is 0. The van der Waals surface area contributed by atoms with E-state index in [0.29, 0.717) is 6.42 Å². The van der Waals surface area contributed by atoms with Gasteiger partial charge in [-0.3, -0.25) is 0 Å².